The minimum absolute atomic E-state index is 0.244. The maximum atomic E-state index is 13.3. The summed E-state index contributed by atoms with van der Waals surface area (Å²) in [6.07, 6.45) is 0. The van der Waals surface area contributed by atoms with Gasteiger partial charge in [-0.1, -0.05) is 59.7 Å². The lowest BCUT2D eigenvalue weighted by atomic mass is 9.99. The van der Waals surface area contributed by atoms with Gasteiger partial charge in [0.2, 0.25) is 10.5 Å². The standard InChI is InChI=1S/C22H17N5OS/c1-12-3-7-14(8-4-12)16-11-17(15-9-5-13(2)6-10-15)23-19-18(16)20(28)27-21(24-19)25-26-22(27)29/h3-11H,1-2H3,(H,26,29)(H,23,24,25). The van der Waals surface area contributed by atoms with Gasteiger partial charge in [-0.2, -0.15) is 4.98 Å². The number of nitrogens with one attached hydrogen (secondary N) is 2. The molecule has 0 aliphatic heterocycles. The van der Waals surface area contributed by atoms with Crippen molar-refractivity contribution in [1.82, 2.24) is 24.6 Å². The van der Waals surface area contributed by atoms with Gasteiger partial charge in [-0.15, -0.1) is 0 Å². The van der Waals surface area contributed by atoms with Crippen molar-refractivity contribution in [3.63, 3.8) is 0 Å². The number of benzene rings is 2. The van der Waals surface area contributed by atoms with Crippen LogP contribution >= 0.6 is 12.2 Å². The third kappa shape index (κ3) is 2.87. The van der Waals surface area contributed by atoms with Crippen LogP contribution in [0.5, 0.6) is 0 Å². The van der Waals surface area contributed by atoms with Crippen LogP contribution in [-0.2, 0) is 0 Å². The molecule has 0 radical (unpaired) electrons. The Hall–Kier alpha value is -3.58. The fourth-order valence-electron chi connectivity index (χ4n) is 3.45. The molecule has 3 aromatic heterocycles. The molecule has 2 aromatic carbocycles. The maximum absolute atomic E-state index is 13.3. The lowest BCUT2D eigenvalue weighted by Crippen LogP contribution is -2.16. The number of aromatic amines is 2. The minimum Gasteiger partial charge on any atom is -0.273 e. The molecule has 0 saturated carbocycles. The van der Waals surface area contributed by atoms with E-state index in [1.807, 2.05) is 68.4 Å². The van der Waals surface area contributed by atoms with Gasteiger partial charge in [-0.25, -0.2) is 9.38 Å². The van der Waals surface area contributed by atoms with Gasteiger partial charge >= 0.3 is 0 Å². The highest BCUT2D eigenvalue weighted by Crippen LogP contribution is 2.30. The topological polar surface area (TPSA) is 78.8 Å². The van der Waals surface area contributed by atoms with E-state index in [9.17, 15) is 4.79 Å². The van der Waals surface area contributed by atoms with Crippen molar-refractivity contribution in [2.45, 2.75) is 13.8 Å². The molecule has 2 N–H and O–H groups in total. The second-order valence-corrected chi connectivity index (χ2v) is 7.50. The largest absolute Gasteiger partial charge is 0.273 e. The van der Waals surface area contributed by atoms with Crippen molar-refractivity contribution in [3.05, 3.63) is 80.8 Å². The van der Waals surface area contributed by atoms with Crippen LogP contribution in [0.1, 0.15) is 11.1 Å². The summed E-state index contributed by atoms with van der Waals surface area (Å²) in [4.78, 5) is 22.6. The lowest BCUT2D eigenvalue weighted by Gasteiger charge is -2.10. The van der Waals surface area contributed by atoms with Crippen molar-refractivity contribution < 1.29 is 0 Å². The summed E-state index contributed by atoms with van der Waals surface area (Å²) >= 11 is 5.24. The normalized spacial score (nSPS) is 11.4. The van der Waals surface area contributed by atoms with Crippen LogP contribution in [0.2, 0.25) is 0 Å². The number of hydrogen-bond acceptors (Lipinski definition) is 4. The van der Waals surface area contributed by atoms with Gasteiger partial charge in [0, 0.05) is 11.1 Å². The highest BCUT2D eigenvalue weighted by atomic mass is 32.1. The summed E-state index contributed by atoms with van der Waals surface area (Å²) in [7, 11) is 0. The summed E-state index contributed by atoms with van der Waals surface area (Å²) in [6.45, 7) is 4.08. The van der Waals surface area contributed by atoms with E-state index in [1.165, 1.54) is 9.96 Å². The predicted molar refractivity (Wildman–Crippen MR) is 117 cm³/mol. The van der Waals surface area contributed by atoms with E-state index in [2.05, 4.69) is 15.2 Å². The molecule has 5 aromatic rings. The van der Waals surface area contributed by atoms with Crippen molar-refractivity contribution >= 4 is 29.0 Å². The summed E-state index contributed by atoms with van der Waals surface area (Å²) < 4.78 is 1.64. The molecule has 3 heterocycles. The average molecular weight is 399 g/mol. The molecule has 142 valence electrons. The summed E-state index contributed by atoms with van der Waals surface area (Å²) in [6, 6.07) is 18.2. The molecule has 0 saturated heterocycles. The molecule has 0 aliphatic carbocycles. The number of nitrogens with zero attached hydrogens (tertiary/aromatic N) is 3. The van der Waals surface area contributed by atoms with E-state index in [0.29, 0.717) is 16.8 Å². The first kappa shape index (κ1) is 17.5. The minimum atomic E-state index is -0.244. The number of H-pyrrole nitrogens is 2. The van der Waals surface area contributed by atoms with Gasteiger partial charge in [-0.05, 0) is 37.7 Å². The van der Waals surface area contributed by atoms with Crippen LogP contribution in [0.15, 0.2) is 59.4 Å². The van der Waals surface area contributed by atoms with Gasteiger partial charge in [0.05, 0.1) is 11.1 Å². The number of rotatable bonds is 2. The number of aryl methyl sites for hydroxylation is 2. The fourth-order valence-corrected chi connectivity index (χ4v) is 3.67. The molecule has 0 atom stereocenters. The Morgan fingerprint density at radius 2 is 1.48 bits per heavy atom. The Labute approximate surface area is 170 Å². The molecule has 5 rings (SSSR count). The maximum Gasteiger partial charge on any atom is 0.271 e. The summed E-state index contributed by atoms with van der Waals surface area (Å²) in [5, 5.41) is 6.06. The highest BCUT2D eigenvalue weighted by molar-refractivity contribution is 7.71. The number of pyridine rings is 1. The van der Waals surface area contributed by atoms with E-state index in [0.717, 1.165) is 27.9 Å². The molecule has 0 unspecified atom stereocenters. The second-order valence-electron chi connectivity index (χ2n) is 7.12. The van der Waals surface area contributed by atoms with Crippen molar-refractivity contribution in [2.24, 2.45) is 0 Å². The number of fused-ring (bicyclic) bond motifs is 2. The molecule has 0 spiro atoms. The third-order valence-electron chi connectivity index (χ3n) is 5.04. The zero-order chi connectivity index (χ0) is 20.1. The molecule has 0 bridgehead atoms. The SMILES string of the molecule is Cc1ccc(-c2cc(-c3ccc(C)cc3)c3c(=O)n4c(=S)[nH][nH]c4nc3n2)cc1. The molecule has 29 heavy (non-hydrogen) atoms. The first-order chi connectivity index (χ1) is 14.0. The highest BCUT2D eigenvalue weighted by Gasteiger charge is 2.17. The zero-order valence-corrected chi connectivity index (χ0v) is 16.7. The fraction of sp³-hybridized carbons (Fsp3) is 0.0909. The zero-order valence-electron chi connectivity index (χ0n) is 15.9. The first-order valence-electron chi connectivity index (χ1n) is 9.19. The van der Waals surface area contributed by atoms with Crippen LogP contribution in [-0.4, -0.2) is 24.6 Å². The van der Waals surface area contributed by atoms with Crippen molar-refractivity contribution in [1.29, 1.82) is 0 Å². The molecule has 7 heteroatoms. The van der Waals surface area contributed by atoms with Crippen LogP contribution in [0, 0.1) is 18.6 Å². The molecular weight excluding hydrogens is 382 g/mol. The van der Waals surface area contributed by atoms with Gasteiger partial charge in [0.15, 0.2) is 5.65 Å². The van der Waals surface area contributed by atoms with Crippen LogP contribution in [0.3, 0.4) is 0 Å². The Bertz CT molecular complexity index is 1490. The first-order valence-corrected chi connectivity index (χ1v) is 9.60. The molecule has 0 fully saturated rings. The van der Waals surface area contributed by atoms with Crippen molar-refractivity contribution in [2.75, 3.05) is 0 Å². The van der Waals surface area contributed by atoms with E-state index < -0.39 is 0 Å². The summed E-state index contributed by atoms with van der Waals surface area (Å²) in [5.74, 6) is 0.343. The summed E-state index contributed by atoms with van der Waals surface area (Å²) in [5.41, 5.74) is 5.91. The van der Waals surface area contributed by atoms with Crippen LogP contribution in [0.4, 0.5) is 0 Å². The average Bonchev–Trinajstić information content (AvgIpc) is 3.09. The van der Waals surface area contributed by atoms with E-state index in [1.54, 1.807) is 0 Å². The van der Waals surface area contributed by atoms with Crippen molar-refractivity contribution in [3.8, 4) is 22.4 Å². The molecule has 0 aliphatic rings. The Morgan fingerprint density at radius 1 is 0.862 bits per heavy atom. The van der Waals surface area contributed by atoms with Gasteiger partial charge in [0.25, 0.3) is 5.56 Å². The smallest absolute Gasteiger partial charge is 0.271 e. The van der Waals surface area contributed by atoms with E-state index >= 15 is 0 Å². The van der Waals surface area contributed by atoms with E-state index in [4.69, 9.17) is 17.2 Å². The third-order valence-corrected chi connectivity index (χ3v) is 5.32. The van der Waals surface area contributed by atoms with Gasteiger partial charge in [0.1, 0.15) is 0 Å². The Balaban J connectivity index is 1.91. The predicted octanol–water partition coefficient (Wildman–Crippen LogP) is 4.58. The monoisotopic (exact) mass is 399 g/mol. The second kappa shape index (κ2) is 6.49. The van der Waals surface area contributed by atoms with E-state index in [-0.39, 0.29) is 10.3 Å². The molecule has 6 nitrogen and oxygen atoms in total. The van der Waals surface area contributed by atoms with Gasteiger partial charge < -0.3 is 0 Å². The van der Waals surface area contributed by atoms with Crippen LogP contribution in [0.25, 0.3) is 39.2 Å². The Morgan fingerprint density at radius 3 is 2.14 bits per heavy atom. The number of aromatic nitrogens is 5. The molecule has 0 amide bonds. The lowest BCUT2D eigenvalue weighted by molar-refractivity contribution is 1.05. The molecular formula is C22H17N5OS. The van der Waals surface area contributed by atoms with Crippen LogP contribution < -0.4 is 5.56 Å². The quantitative estimate of drug-likeness (QED) is 0.426. The Kier molecular flexibility index (Phi) is 3.92. The number of hydrogen-bond donors (Lipinski definition) is 2. The van der Waals surface area contributed by atoms with Gasteiger partial charge in [-0.3, -0.25) is 15.0 Å².